The lowest BCUT2D eigenvalue weighted by atomic mass is 9.99. The van der Waals surface area contributed by atoms with E-state index in [-0.39, 0.29) is 17.1 Å². The van der Waals surface area contributed by atoms with Crippen molar-refractivity contribution in [3.8, 4) is 0 Å². The molecule has 3 aromatic rings. The van der Waals surface area contributed by atoms with Crippen molar-refractivity contribution in [2.75, 3.05) is 5.75 Å². The van der Waals surface area contributed by atoms with Gasteiger partial charge in [-0.05, 0) is 68.1 Å². The Morgan fingerprint density at radius 2 is 1.82 bits per heavy atom. The molecule has 28 heavy (non-hydrogen) atoms. The van der Waals surface area contributed by atoms with Gasteiger partial charge in [0.2, 0.25) is 0 Å². The Bertz CT molecular complexity index is 1120. The highest BCUT2D eigenvalue weighted by Gasteiger charge is 2.16. The third-order valence-corrected chi connectivity index (χ3v) is 6.01. The van der Waals surface area contributed by atoms with Crippen molar-refractivity contribution >= 4 is 40.0 Å². The fraction of sp³-hybridized carbons (Fsp3) is 0.318. The van der Waals surface area contributed by atoms with Crippen LogP contribution in [0.25, 0.3) is 10.9 Å². The van der Waals surface area contributed by atoms with E-state index < -0.39 is 0 Å². The molecule has 1 heterocycles. The van der Waals surface area contributed by atoms with Gasteiger partial charge in [0.1, 0.15) is 0 Å². The number of hydrogen-bond donors (Lipinski definition) is 0. The van der Waals surface area contributed by atoms with E-state index in [1.165, 1.54) is 17.3 Å². The molecule has 0 spiro atoms. The molecule has 2 aromatic carbocycles. The maximum atomic E-state index is 12.9. The summed E-state index contributed by atoms with van der Waals surface area (Å²) in [5, 5.41) is 1.63. The number of nitrogens with zero attached hydrogens (tertiary/aromatic N) is 2. The first-order chi connectivity index (χ1) is 13.3. The number of fused-ring (bicyclic) bond motifs is 1. The fourth-order valence-electron chi connectivity index (χ4n) is 3.17. The second-order valence-electron chi connectivity index (χ2n) is 6.98. The zero-order valence-electron chi connectivity index (χ0n) is 16.5. The van der Waals surface area contributed by atoms with E-state index in [1.54, 1.807) is 22.8 Å². The molecule has 0 atom stereocenters. The smallest absolute Gasteiger partial charge is 0.262 e. The van der Waals surface area contributed by atoms with E-state index in [1.807, 2.05) is 39.8 Å². The number of hydrogen-bond acceptors (Lipinski definition) is 4. The second-order valence-corrected chi connectivity index (χ2v) is 8.35. The zero-order chi connectivity index (χ0) is 20.4. The molecular weight excluding hydrogens is 392 g/mol. The van der Waals surface area contributed by atoms with Gasteiger partial charge >= 0.3 is 0 Å². The van der Waals surface area contributed by atoms with Crippen LogP contribution in [0.5, 0.6) is 0 Å². The lowest BCUT2D eigenvalue weighted by Crippen LogP contribution is -2.23. The van der Waals surface area contributed by atoms with Crippen LogP contribution < -0.4 is 5.56 Å². The van der Waals surface area contributed by atoms with Crippen LogP contribution >= 0.6 is 23.4 Å². The van der Waals surface area contributed by atoms with Gasteiger partial charge in [-0.15, -0.1) is 0 Å². The van der Waals surface area contributed by atoms with Crippen molar-refractivity contribution in [3.05, 3.63) is 68.0 Å². The molecular formula is C22H23ClN2O2S. The molecule has 0 fully saturated rings. The SMILES string of the molecule is CCCn1c(SCC(=O)c2cc(C)c(C)cc2C)nc2cc(Cl)ccc2c1=O. The average molecular weight is 415 g/mol. The molecule has 1 aromatic heterocycles. The Morgan fingerprint density at radius 1 is 1.11 bits per heavy atom. The van der Waals surface area contributed by atoms with Gasteiger partial charge in [-0.3, -0.25) is 14.2 Å². The van der Waals surface area contributed by atoms with E-state index in [0.29, 0.717) is 27.6 Å². The molecule has 0 radical (unpaired) electrons. The van der Waals surface area contributed by atoms with E-state index in [9.17, 15) is 9.59 Å². The van der Waals surface area contributed by atoms with E-state index in [2.05, 4.69) is 4.98 Å². The van der Waals surface area contributed by atoms with Gasteiger partial charge in [0.15, 0.2) is 10.9 Å². The Balaban J connectivity index is 1.95. The summed E-state index contributed by atoms with van der Waals surface area (Å²) in [5.41, 5.74) is 4.43. The number of thioether (sulfide) groups is 1. The van der Waals surface area contributed by atoms with Crippen LogP contribution in [0.3, 0.4) is 0 Å². The summed E-state index contributed by atoms with van der Waals surface area (Å²) < 4.78 is 1.65. The van der Waals surface area contributed by atoms with Crippen molar-refractivity contribution in [2.24, 2.45) is 0 Å². The zero-order valence-corrected chi connectivity index (χ0v) is 18.1. The van der Waals surface area contributed by atoms with Crippen LogP contribution in [0, 0.1) is 20.8 Å². The number of rotatable bonds is 6. The van der Waals surface area contributed by atoms with Gasteiger partial charge < -0.3 is 0 Å². The minimum absolute atomic E-state index is 0.0362. The lowest BCUT2D eigenvalue weighted by molar-refractivity contribution is 0.102. The van der Waals surface area contributed by atoms with Gasteiger partial charge in [-0.25, -0.2) is 4.98 Å². The van der Waals surface area contributed by atoms with Crippen LogP contribution in [-0.4, -0.2) is 21.1 Å². The molecule has 6 heteroatoms. The number of aryl methyl sites for hydroxylation is 3. The van der Waals surface area contributed by atoms with Gasteiger partial charge in [0.25, 0.3) is 5.56 Å². The molecule has 0 bridgehead atoms. The van der Waals surface area contributed by atoms with Crippen molar-refractivity contribution in [1.29, 1.82) is 0 Å². The number of halogens is 1. The van der Waals surface area contributed by atoms with Crippen LogP contribution in [0.15, 0.2) is 40.3 Å². The minimum atomic E-state index is -0.0965. The molecule has 146 valence electrons. The highest BCUT2D eigenvalue weighted by molar-refractivity contribution is 7.99. The quantitative estimate of drug-likeness (QED) is 0.309. The summed E-state index contributed by atoms with van der Waals surface area (Å²) in [7, 11) is 0. The molecule has 0 aliphatic rings. The van der Waals surface area contributed by atoms with Crippen LogP contribution in [0.4, 0.5) is 0 Å². The van der Waals surface area contributed by atoms with Crippen molar-refractivity contribution in [1.82, 2.24) is 9.55 Å². The molecule has 0 saturated carbocycles. The van der Waals surface area contributed by atoms with Crippen LogP contribution in [0.1, 0.15) is 40.4 Å². The molecule has 0 aliphatic carbocycles. The van der Waals surface area contributed by atoms with Crippen molar-refractivity contribution < 1.29 is 4.79 Å². The summed E-state index contributed by atoms with van der Waals surface area (Å²) in [6.07, 6.45) is 0.804. The maximum Gasteiger partial charge on any atom is 0.262 e. The summed E-state index contributed by atoms with van der Waals surface area (Å²) >= 11 is 7.37. The Labute approximate surface area is 173 Å². The number of aromatic nitrogens is 2. The van der Waals surface area contributed by atoms with Crippen molar-refractivity contribution in [2.45, 2.75) is 45.8 Å². The lowest BCUT2D eigenvalue weighted by Gasteiger charge is -2.13. The molecule has 4 nitrogen and oxygen atoms in total. The third-order valence-electron chi connectivity index (χ3n) is 4.80. The second kappa shape index (κ2) is 8.50. The Morgan fingerprint density at radius 3 is 2.54 bits per heavy atom. The highest BCUT2D eigenvalue weighted by atomic mass is 35.5. The summed E-state index contributed by atoms with van der Waals surface area (Å²) in [4.78, 5) is 30.3. The summed E-state index contributed by atoms with van der Waals surface area (Å²) in [6.45, 7) is 8.57. The predicted molar refractivity (Wildman–Crippen MR) is 117 cm³/mol. The molecule has 0 N–H and O–H groups in total. The monoisotopic (exact) mass is 414 g/mol. The first kappa shape index (κ1) is 20.6. The van der Waals surface area contributed by atoms with Crippen LogP contribution in [-0.2, 0) is 6.54 Å². The normalized spacial score (nSPS) is 11.2. The van der Waals surface area contributed by atoms with Gasteiger partial charge in [0.05, 0.1) is 16.7 Å². The van der Waals surface area contributed by atoms with E-state index >= 15 is 0 Å². The van der Waals surface area contributed by atoms with Crippen LogP contribution in [0.2, 0.25) is 5.02 Å². The average Bonchev–Trinajstić information content (AvgIpc) is 2.65. The maximum absolute atomic E-state index is 12.9. The standard InChI is InChI=1S/C22H23ClN2O2S/c1-5-8-25-21(27)17-7-6-16(23)11-19(17)24-22(25)28-12-20(26)18-10-14(3)13(2)9-15(18)4/h6-7,9-11H,5,8,12H2,1-4H3. The minimum Gasteiger partial charge on any atom is -0.293 e. The molecule has 3 rings (SSSR count). The van der Waals surface area contributed by atoms with Gasteiger partial charge in [-0.1, -0.05) is 36.4 Å². The van der Waals surface area contributed by atoms with Gasteiger partial charge in [-0.2, -0.15) is 0 Å². The number of carbonyl (C=O) groups is 1. The first-order valence-corrected chi connectivity index (χ1v) is 10.6. The first-order valence-electron chi connectivity index (χ1n) is 9.25. The predicted octanol–water partition coefficient (Wildman–Crippen LogP) is 5.36. The van der Waals surface area contributed by atoms with Gasteiger partial charge in [0, 0.05) is 17.1 Å². The number of ketones is 1. The number of carbonyl (C=O) groups excluding carboxylic acids is 1. The van der Waals surface area contributed by atoms with E-state index in [4.69, 9.17) is 11.6 Å². The number of Topliss-reactive ketones (excluding diaryl/α,β-unsaturated/α-hetero) is 1. The largest absolute Gasteiger partial charge is 0.293 e. The highest BCUT2D eigenvalue weighted by Crippen LogP contribution is 2.23. The third kappa shape index (κ3) is 4.15. The van der Waals surface area contributed by atoms with Crippen molar-refractivity contribution in [3.63, 3.8) is 0 Å². The molecule has 0 unspecified atom stereocenters. The summed E-state index contributed by atoms with van der Waals surface area (Å²) in [5.74, 6) is 0.264. The fourth-order valence-corrected chi connectivity index (χ4v) is 4.25. The number of benzene rings is 2. The molecule has 0 amide bonds. The summed E-state index contributed by atoms with van der Waals surface area (Å²) in [6, 6.07) is 9.07. The molecule has 0 aliphatic heterocycles. The topological polar surface area (TPSA) is 52.0 Å². The Kier molecular flexibility index (Phi) is 6.26. The Hall–Kier alpha value is -2.11. The van der Waals surface area contributed by atoms with E-state index in [0.717, 1.165) is 23.1 Å². The molecule has 0 saturated heterocycles.